The normalized spacial score (nSPS) is 39.9. The van der Waals surface area contributed by atoms with Gasteiger partial charge in [-0.15, -0.1) is 0 Å². The van der Waals surface area contributed by atoms with Crippen LogP contribution < -0.4 is 0 Å². The zero-order valence-corrected chi connectivity index (χ0v) is 9.89. The van der Waals surface area contributed by atoms with Crippen molar-refractivity contribution in [2.24, 2.45) is 11.3 Å². The van der Waals surface area contributed by atoms with E-state index in [9.17, 15) is 0 Å². The molecule has 0 bridgehead atoms. The van der Waals surface area contributed by atoms with Crippen molar-refractivity contribution < 1.29 is 0 Å². The number of allylic oxidation sites excluding steroid dienone is 4. The Bertz CT molecular complexity index is 321. The van der Waals surface area contributed by atoms with Crippen molar-refractivity contribution in [1.82, 2.24) is 0 Å². The highest BCUT2D eigenvalue weighted by atomic mass is 14.5. The van der Waals surface area contributed by atoms with Crippen LogP contribution in [0.15, 0.2) is 23.3 Å². The quantitative estimate of drug-likeness (QED) is 0.537. The summed E-state index contributed by atoms with van der Waals surface area (Å²) in [5, 5.41) is 0. The summed E-state index contributed by atoms with van der Waals surface area (Å²) < 4.78 is 0. The Labute approximate surface area is 93.5 Å². The van der Waals surface area contributed by atoms with Crippen LogP contribution in [0.1, 0.15) is 58.3 Å². The van der Waals surface area contributed by atoms with Gasteiger partial charge in [0, 0.05) is 0 Å². The Balaban J connectivity index is 1.98. The van der Waals surface area contributed by atoms with Crippen LogP contribution in [-0.4, -0.2) is 0 Å². The van der Waals surface area contributed by atoms with E-state index >= 15 is 0 Å². The van der Waals surface area contributed by atoms with E-state index in [1.165, 1.54) is 51.4 Å². The molecule has 0 aromatic carbocycles. The minimum absolute atomic E-state index is 0.558. The predicted octanol–water partition coefficient (Wildman–Crippen LogP) is 4.62. The lowest BCUT2D eigenvalue weighted by atomic mass is 9.57. The van der Waals surface area contributed by atoms with E-state index in [0.29, 0.717) is 5.41 Å². The molecule has 0 N–H and O–H groups in total. The van der Waals surface area contributed by atoms with Crippen LogP contribution in [0.25, 0.3) is 0 Å². The van der Waals surface area contributed by atoms with Crippen LogP contribution in [0, 0.1) is 11.3 Å². The van der Waals surface area contributed by atoms with E-state index in [4.69, 9.17) is 0 Å². The van der Waals surface area contributed by atoms with E-state index in [2.05, 4.69) is 19.1 Å². The molecule has 82 valence electrons. The maximum atomic E-state index is 2.54. The lowest BCUT2D eigenvalue weighted by Gasteiger charge is -2.48. The number of hydrogen-bond acceptors (Lipinski definition) is 0. The lowest BCUT2D eigenvalue weighted by molar-refractivity contribution is 0.181. The van der Waals surface area contributed by atoms with Crippen LogP contribution in [0.2, 0.25) is 0 Å². The van der Waals surface area contributed by atoms with Crippen LogP contribution in [0.3, 0.4) is 0 Å². The second-order valence-electron chi connectivity index (χ2n) is 5.86. The fourth-order valence-corrected chi connectivity index (χ4v) is 4.10. The van der Waals surface area contributed by atoms with Gasteiger partial charge in [-0.05, 0) is 49.9 Å². The molecule has 2 fully saturated rings. The maximum absolute atomic E-state index is 2.54. The summed E-state index contributed by atoms with van der Waals surface area (Å²) in [7, 11) is 0. The van der Waals surface area contributed by atoms with Gasteiger partial charge in [0.2, 0.25) is 0 Å². The molecule has 0 nitrogen and oxygen atoms in total. The fraction of sp³-hybridized carbons (Fsp3) is 0.733. The van der Waals surface area contributed by atoms with Crippen molar-refractivity contribution in [2.75, 3.05) is 0 Å². The van der Waals surface area contributed by atoms with Crippen molar-refractivity contribution in [3.8, 4) is 0 Å². The Morgan fingerprint density at radius 2 is 1.93 bits per heavy atom. The molecule has 0 radical (unpaired) electrons. The first-order valence-electron chi connectivity index (χ1n) is 6.71. The largest absolute Gasteiger partial charge is 0.0662 e. The summed E-state index contributed by atoms with van der Waals surface area (Å²) in [5.41, 5.74) is 4.10. The first kappa shape index (κ1) is 9.69. The molecule has 0 aliphatic heterocycles. The van der Waals surface area contributed by atoms with Crippen molar-refractivity contribution >= 4 is 0 Å². The Morgan fingerprint density at radius 1 is 1.07 bits per heavy atom. The summed E-state index contributed by atoms with van der Waals surface area (Å²) in [5.74, 6) is 0.909. The average Bonchev–Trinajstić information content (AvgIpc) is 2.29. The van der Waals surface area contributed by atoms with Gasteiger partial charge in [-0.25, -0.2) is 0 Å². The monoisotopic (exact) mass is 202 g/mol. The zero-order chi connectivity index (χ0) is 10.3. The highest BCUT2D eigenvalue weighted by Crippen LogP contribution is 2.54. The molecule has 0 aromatic rings. The molecule has 0 aromatic heterocycles. The predicted molar refractivity (Wildman–Crippen MR) is 64.7 cm³/mol. The second kappa shape index (κ2) is 3.50. The Hall–Kier alpha value is -0.520. The third-order valence-electron chi connectivity index (χ3n) is 5.05. The summed E-state index contributed by atoms with van der Waals surface area (Å²) in [4.78, 5) is 0. The average molecular weight is 202 g/mol. The van der Waals surface area contributed by atoms with E-state index in [0.717, 1.165) is 5.92 Å². The summed E-state index contributed by atoms with van der Waals surface area (Å²) in [6.07, 6.45) is 16.4. The minimum atomic E-state index is 0.558. The third-order valence-corrected chi connectivity index (χ3v) is 5.05. The number of hydrogen-bond donors (Lipinski definition) is 0. The molecule has 2 atom stereocenters. The smallest absolute Gasteiger partial charge is 0.00478 e. The lowest BCUT2D eigenvalue weighted by Crippen LogP contribution is -2.36. The topological polar surface area (TPSA) is 0 Å². The van der Waals surface area contributed by atoms with Crippen LogP contribution >= 0.6 is 0 Å². The van der Waals surface area contributed by atoms with Crippen LogP contribution in [-0.2, 0) is 0 Å². The van der Waals surface area contributed by atoms with Gasteiger partial charge in [0.25, 0.3) is 0 Å². The molecule has 2 unspecified atom stereocenters. The molecule has 2 saturated carbocycles. The molecule has 3 rings (SSSR count). The van der Waals surface area contributed by atoms with Crippen molar-refractivity contribution in [3.05, 3.63) is 23.3 Å². The maximum Gasteiger partial charge on any atom is -0.00478 e. The first-order valence-corrected chi connectivity index (χ1v) is 6.71. The van der Waals surface area contributed by atoms with Gasteiger partial charge < -0.3 is 0 Å². The minimum Gasteiger partial charge on any atom is -0.0662 e. The van der Waals surface area contributed by atoms with Crippen molar-refractivity contribution in [3.63, 3.8) is 0 Å². The van der Waals surface area contributed by atoms with Crippen LogP contribution in [0.5, 0.6) is 0 Å². The van der Waals surface area contributed by atoms with Crippen molar-refractivity contribution in [1.29, 1.82) is 0 Å². The molecular weight excluding hydrogens is 180 g/mol. The highest BCUT2D eigenvalue weighted by Gasteiger charge is 2.42. The molecule has 0 spiro atoms. The molecule has 0 amide bonds. The van der Waals surface area contributed by atoms with Crippen LogP contribution in [0.4, 0.5) is 0 Å². The summed E-state index contributed by atoms with van der Waals surface area (Å²) >= 11 is 0. The standard InChI is InChI=1S/C15H22/c1-15-11-5-4-7-13(15)10-9-12-6-2-3-8-14(12)15/h9-10,14H,2-8,11H2,1H3. The fourth-order valence-electron chi connectivity index (χ4n) is 4.10. The van der Waals surface area contributed by atoms with Gasteiger partial charge in [0.05, 0.1) is 0 Å². The van der Waals surface area contributed by atoms with Gasteiger partial charge in [0.1, 0.15) is 0 Å². The van der Waals surface area contributed by atoms with E-state index in [1.54, 1.807) is 11.1 Å². The van der Waals surface area contributed by atoms with Gasteiger partial charge in [-0.2, -0.15) is 0 Å². The number of fused-ring (bicyclic) bond motifs is 3. The highest BCUT2D eigenvalue weighted by molar-refractivity contribution is 5.35. The molecule has 15 heavy (non-hydrogen) atoms. The van der Waals surface area contributed by atoms with Crippen molar-refractivity contribution in [2.45, 2.75) is 58.3 Å². The van der Waals surface area contributed by atoms with Gasteiger partial charge >= 0.3 is 0 Å². The summed E-state index contributed by atoms with van der Waals surface area (Å²) in [6.45, 7) is 2.54. The van der Waals surface area contributed by atoms with Gasteiger partial charge in [-0.3, -0.25) is 0 Å². The molecular formula is C15H22. The molecule has 3 aliphatic rings. The molecule has 0 saturated heterocycles. The van der Waals surface area contributed by atoms with E-state index < -0.39 is 0 Å². The van der Waals surface area contributed by atoms with E-state index in [1.807, 2.05) is 0 Å². The van der Waals surface area contributed by atoms with Gasteiger partial charge in [-0.1, -0.05) is 43.1 Å². The SMILES string of the molecule is CC12CCCCC1=CC=C1CCCCC12. The number of rotatable bonds is 0. The molecule has 0 heteroatoms. The summed E-state index contributed by atoms with van der Waals surface area (Å²) in [6, 6.07) is 0. The first-order chi connectivity index (χ1) is 7.31. The molecule has 0 heterocycles. The molecule has 3 aliphatic carbocycles. The van der Waals surface area contributed by atoms with Gasteiger partial charge in [0.15, 0.2) is 0 Å². The van der Waals surface area contributed by atoms with E-state index in [-0.39, 0.29) is 0 Å². The Morgan fingerprint density at radius 3 is 2.87 bits per heavy atom. The third kappa shape index (κ3) is 1.41. The Kier molecular flexibility index (Phi) is 2.26. The second-order valence-corrected chi connectivity index (χ2v) is 5.86. The zero-order valence-electron chi connectivity index (χ0n) is 9.89.